The molecule has 4 aromatic rings. The predicted molar refractivity (Wildman–Crippen MR) is 107 cm³/mol. The van der Waals surface area contributed by atoms with Crippen LogP contribution in [0.2, 0.25) is 0 Å². The van der Waals surface area contributed by atoms with Crippen molar-refractivity contribution in [2.45, 2.75) is 0 Å². The molecule has 0 aliphatic carbocycles. The molecule has 0 atom stereocenters. The zero-order valence-electron chi connectivity index (χ0n) is 14.8. The molecular weight excluding hydrogens is 352 g/mol. The number of anilines is 3. The van der Waals surface area contributed by atoms with Crippen LogP contribution < -0.4 is 10.6 Å². The van der Waals surface area contributed by atoms with E-state index in [1.807, 2.05) is 30.3 Å². The van der Waals surface area contributed by atoms with Crippen LogP contribution in [0.25, 0.3) is 11.3 Å². The first-order chi connectivity index (χ1) is 13.8. The van der Waals surface area contributed by atoms with Crippen LogP contribution in [-0.4, -0.2) is 25.8 Å². The highest BCUT2D eigenvalue weighted by molar-refractivity contribution is 6.04. The molecule has 7 heteroatoms. The van der Waals surface area contributed by atoms with E-state index in [0.717, 1.165) is 11.3 Å². The van der Waals surface area contributed by atoms with Gasteiger partial charge in [-0.3, -0.25) is 9.78 Å². The van der Waals surface area contributed by atoms with Gasteiger partial charge in [-0.05, 0) is 48.5 Å². The fourth-order valence-electron chi connectivity index (χ4n) is 2.59. The van der Waals surface area contributed by atoms with Gasteiger partial charge >= 0.3 is 0 Å². The monoisotopic (exact) mass is 368 g/mol. The van der Waals surface area contributed by atoms with Gasteiger partial charge in [-0.15, -0.1) is 0 Å². The summed E-state index contributed by atoms with van der Waals surface area (Å²) in [6, 6.07) is 18.0. The summed E-state index contributed by atoms with van der Waals surface area (Å²) in [5, 5.41) is 5.90. The molecule has 0 aliphatic rings. The molecule has 1 aromatic carbocycles. The SMILES string of the molecule is O=C(Nc1ccccn1)c1cccc(Nc2nccc(-c3cccnc3)n2)c1. The smallest absolute Gasteiger partial charge is 0.256 e. The van der Waals surface area contributed by atoms with Crippen molar-refractivity contribution in [3.05, 3.63) is 91.0 Å². The van der Waals surface area contributed by atoms with Crippen molar-refractivity contribution < 1.29 is 4.79 Å². The number of nitrogens with zero attached hydrogens (tertiary/aromatic N) is 4. The second-order valence-corrected chi connectivity index (χ2v) is 5.88. The molecular formula is C21H16N6O. The van der Waals surface area contributed by atoms with Crippen molar-refractivity contribution >= 4 is 23.4 Å². The largest absolute Gasteiger partial charge is 0.324 e. The molecule has 28 heavy (non-hydrogen) atoms. The number of amides is 1. The summed E-state index contributed by atoms with van der Waals surface area (Å²) in [5.74, 6) is 0.689. The highest BCUT2D eigenvalue weighted by atomic mass is 16.1. The lowest BCUT2D eigenvalue weighted by atomic mass is 10.2. The van der Waals surface area contributed by atoms with Gasteiger partial charge in [-0.1, -0.05) is 12.1 Å². The molecule has 0 fully saturated rings. The Morgan fingerprint density at radius 2 is 1.82 bits per heavy atom. The molecule has 0 aliphatic heterocycles. The summed E-state index contributed by atoms with van der Waals surface area (Å²) < 4.78 is 0. The molecule has 2 N–H and O–H groups in total. The topological polar surface area (TPSA) is 92.7 Å². The first kappa shape index (κ1) is 17.3. The normalized spacial score (nSPS) is 10.3. The minimum absolute atomic E-state index is 0.243. The lowest BCUT2D eigenvalue weighted by Gasteiger charge is -2.09. The van der Waals surface area contributed by atoms with Gasteiger partial charge < -0.3 is 10.6 Å². The van der Waals surface area contributed by atoms with Crippen LogP contribution in [0.1, 0.15) is 10.4 Å². The molecule has 3 aromatic heterocycles. The maximum absolute atomic E-state index is 12.4. The number of nitrogens with one attached hydrogen (secondary N) is 2. The highest BCUT2D eigenvalue weighted by Gasteiger charge is 2.08. The third kappa shape index (κ3) is 4.16. The number of aromatic nitrogens is 4. The highest BCUT2D eigenvalue weighted by Crippen LogP contribution is 2.19. The summed E-state index contributed by atoms with van der Waals surface area (Å²) >= 11 is 0. The summed E-state index contributed by atoms with van der Waals surface area (Å²) in [5.41, 5.74) is 2.86. The number of hydrogen-bond donors (Lipinski definition) is 2. The molecule has 0 saturated heterocycles. The van der Waals surface area contributed by atoms with E-state index < -0.39 is 0 Å². The fourth-order valence-corrected chi connectivity index (χ4v) is 2.59. The van der Waals surface area contributed by atoms with Gasteiger partial charge in [0.1, 0.15) is 5.82 Å². The lowest BCUT2D eigenvalue weighted by Crippen LogP contribution is -2.13. The number of hydrogen-bond acceptors (Lipinski definition) is 6. The minimum atomic E-state index is -0.243. The van der Waals surface area contributed by atoms with Crippen molar-refractivity contribution in [2.75, 3.05) is 10.6 Å². The summed E-state index contributed by atoms with van der Waals surface area (Å²) in [7, 11) is 0. The zero-order chi connectivity index (χ0) is 19.2. The van der Waals surface area contributed by atoms with E-state index in [0.29, 0.717) is 23.0 Å². The van der Waals surface area contributed by atoms with Crippen molar-refractivity contribution in [3.8, 4) is 11.3 Å². The van der Waals surface area contributed by atoms with E-state index in [1.165, 1.54) is 0 Å². The van der Waals surface area contributed by atoms with E-state index in [4.69, 9.17) is 0 Å². The van der Waals surface area contributed by atoms with Crippen LogP contribution in [0.5, 0.6) is 0 Å². The van der Waals surface area contributed by atoms with Crippen LogP contribution in [0.15, 0.2) is 85.5 Å². The number of carbonyl (C=O) groups is 1. The molecule has 0 radical (unpaired) electrons. The van der Waals surface area contributed by atoms with Crippen molar-refractivity contribution in [3.63, 3.8) is 0 Å². The van der Waals surface area contributed by atoms with E-state index in [1.54, 1.807) is 55.1 Å². The van der Waals surface area contributed by atoms with E-state index >= 15 is 0 Å². The van der Waals surface area contributed by atoms with Gasteiger partial charge in [-0.25, -0.2) is 15.0 Å². The van der Waals surface area contributed by atoms with Crippen LogP contribution in [0, 0.1) is 0 Å². The van der Waals surface area contributed by atoms with Crippen molar-refractivity contribution in [2.24, 2.45) is 0 Å². The molecule has 0 saturated carbocycles. The van der Waals surface area contributed by atoms with E-state index in [-0.39, 0.29) is 5.91 Å². The second-order valence-electron chi connectivity index (χ2n) is 5.88. The molecule has 0 unspecified atom stereocenters. The van der Waals surface area contributed by atoms with Gasteiger partial charge in [-0.2, -0.15) is 0 Å². The van der Waals surface area contributed by atoms with Crippen LogP contribution in [0.3, 0.4) is 0 Å². The van der Waals surface area contributed by atoms with Gasteiger partial charge in [0.15, 0.2) is 0 Å². The van der Waals surface area contributed by atoms with Gasteiger partial charge in [0.2, 0.25) is 5.95 Å². The Kier molecular flexibility index (Phi) is 4.97. The second kappa shape index (κ2) is 8.05. The maximum Gasteiger partial charge on any atom is 0.256 e. The number of rotatable bonds is 5. The molecule has 0 bridgehead atoms. The summed E-state index contributed by atoms with van der Waals surface area (Å²) in [6.07, 6.45) is 6.76. The van der Waals surface area contributed by atoms with E-state index in [2.05, 4.69) is 30.6 Å². The Morgan fingerprint density at radius 3 is 2.64 bits per heavy atom. The third-order valence-corrected chi connectivity index (χ3v) is 3.90. The first-order valence-corrected chi connectivity index (χ1v) is 8.61. The van der Waals surface area contributed by atoms with E-state index in [9.17, 15) is 4.79 Å². The predicted octanol–water partition coefficient (Wildman–Crippen LogP) is 3.93. The number of pyridine rings is 2. The molecule has 0 spiro atoms. The molecule has 7 nitrogen and oxygen atoms in total. The first-order valence-electron chi connectivity index (χ1n) is 8.61. The van der Waals surface area contributed by atoms with Crippen molar-refractivity contribution in [1.29, 1.82) is 0 Å². The molecule has 3 heterocycles. The number of carbonyl (C=O) groups excluding carboxylic acids is 1. The standard InChI is InChI=1S/C21H16N6O/c28-20(27-19-8-1-2-11-23-19)15-5-3-7-17(13-15)25-21-24-12-9-18(26-21)16-6-4-10-22-14-16/h1-14H,(H,23,27,28)(H,24,25,26). The van der Waals surface area contributed by atoms with Gasteiger partial charge in [0, 0.05) is 41.6 Å². The summed E-state index contributed by atoms with van der Waals surface area (Å²) in [4.78, 5) is 29.4. The van der Waals surface area contributed by atoms with Gasteiger partial charge in [0.25, 0.3) is 5.91 Å². The Labute approximate surface area is 161 Å². The lowest BCUT2D eigenvalue weighted by molar-refractivity contribution is 0.102. The third-order valence-electron chi connectivity index (χ3n) is 3.90. The van der Waals surface area contributed by atoms with Crippen LogP contribution in [-0.2, 0) is 0 Å². The molecule has 136 valence electrons. The average Bonchev–Trinajstić information content (AvgIpc) is 2.75. The Hall–Kier alpha value is -4.13. The quantitative estimate of drug-likeness (QED) is 0.554. The molecule has 4 rings (SSSR count). The zero-order valence-corrected chi connectivity index (χ0v) is 14.8. The summed E-state index contributed by atoms with van der Waals surface area (Å²) in [6.45, 7) is 0. The average molecular weight is 368 g/mol. The van der Waals surface area contributed by atoms with Crippen molar-refractivity contribution in [1.82, 2.24) is 19.9 Å². The maximum atomic E-state index is 12.4. The van der Waals surface area contributed by atoms with Crippen LogP contribution in [0.4, 0.5) is 17.5 Å². The Bertz CT molecular complexity index is 1090. The van der Waals surface area contributed by atoms with Crippen LogP contribution >= 0.6 is 0 Å². The van der Waals surface area contributed by atoms with Gasteiger partial charge in [0.05, 0.1) is 5.69 Å². The Morgan fingerprint density at radius 1 is 0.857 bits per heavy atom. The minimum Gasteiger partial charge on any atom is -0.324 e. The Balaban J connectivity index is 1.52. The molecule has 1 amide bonds. The number of benzene rings is 1. The fraction of sp³-hybridized carbons (Fsp3) is 0.